The molecule has 1 fully saturated rings. The first-order valence-corrected chi connectivity index (χ1v) is 9.22. The number of benzene rings is 1. The lowest BCUT2D eigenvalue weighted by molar-refractivity contribution is -0.157. The maximum absolute atomic E-state index is 12.6. The van der Waals surface area contributed by atoms with Crippen molar-refractivity contribution in [1.82, 2.24) is 4.90 Å². The van der Waals surface area contributed by atoms with Crippen molar-refractivity contribution in [3.8, 4) is 0 Å². The second kappa shape index (κ2) is 10.4. The number of likely N-dealkylation sites (tertiary alicyclic amines) is 1. The number of aldehydes is 1. The van der Waals surface area contributed by atoms with Crippen molar-refractivity contribution < 1.29 is 33.4 Å². The Labute approximate surface area is 163 Å². The molecule has 1 aliphatic heterocycles. The second-order valence-electron chi connectivity index (χ2n) is 6.48. The number of carbonyl (C=O) groups excluding carboxylic acids is 4. The zero-order valence-electron chi connectivity index (χ0n) is 16.0. The van der Waals surface area contributed by atoms with Gasteiger partial charge in [0.25, 0.3) is 0 Å². The quantitative estimate of drug-likeness (QED) is 0.290. The standard InChI is InChI=1S/C20H25NO7/c1-3-4-10-27-18(23)16-11-15(12-22)21(17(16)19(24)26-2)20(25)28-13-14-8-6-5-7-9-14/h5-9,12,15-17H,3-4,10-11,13H2,1-2H3/t15?,16-,17-/m0/s1. The number of rotatable bonds is 8. The molecule has 0 saturated carbocycles. The first kappa shape index (κ1) is 21.4. The second-order valence-corrected chi connectivity index (χ2v) is 6.48. The fraction of sp³-hybridized carbons (Fsp3) is 0.500. The summed E-state index contributed by atoms with van der Waals surface area (Å²) in [5.74, 6) is -2.41. The first-order valence-electron chi connectivity index (χ1n) is 9.22. The normalized spacial score (nSPS) is 21.1. The van der Waals surface area contributed by atoms with Crippen LogP contribution in [0.3, 0.4) is 0 Å². The minimum absolute atomic E-state index is 0.0192. The highest BCUT2D eigenvalue weighted by atomic mass is 16.6. The van der Waals surface area contributed by atoms with Gasteiger partial charge in [-0.2, -0.15) is 0 Å². The van der Waals surface area contributed by atoms with E-state index in [1.165, 1.54) is 0 Å². The van der Waals surface area contributed by atoms with Gasteiger partial charge in [0.2, 0.25) is 0 Å². The van der Waals surface area contributed by atoms with Crippen LogP contribution in [0.15, 0.2) is 30.3 Å². The van der Waals surface area contributed by atoms with Crippen molar-refractivity contribution in [1.29, 1.82) is 0 Å². The van der Waals surface area contributed by atoms with Crippen LogP contribution in [0.4, 0.5) is 4.79 Å². The summed E-state index contributed by atoms with van der Waals surface area (Å²) in [6, 6.07) is 6.74. The van der Waals surface area contributed by atoms with Crippen LogP contribution >= 0.6 is 0 Å². The zero-order valence-corrected chi connectivity index (χ0v) is 16.0. The molecule has 152 valence electrons. The van der Waals surface area contributed by atoms with Crippen LogP contribution < -0.4 is 0 Å². The average molecular weight is 391 g/mol. The predicted molar refractivity (Wildman–Crippen MR) is 98.1 cm³/mol. The number of unbranched alkanes of at least 4 members (excludes halogenated alkanes) is 1. The lowest BCUT2D eigenvalue weighted by atomic mass is 9.99. The van der Waals surface area contributed by atoms with Crippen LogP contribution in [0.1, 0.15) is 31.7 Å². The number of hydrogen-bond donors (Lipinski definition) is 0. The Morgan fingerprint density at radius 2 is 1.86 bits per heavy atom. The molecule has 8 nitrogen and oxygen atoms in total. The van der Waals surface area contributed by atoms with Crippen LogP contribution in [0.25, 0.3) is 0 Å². The monoisotopic (exact) mass is 391 g/mol. The molecular weight excluding hydrogens is 366 g/mol. The molecule has 1 aromatic rings. The van der Waals surface area contributed by atoms with Crippen molar-refractivity contribution in [3.63, 3.8) is 0 Å². The molecule has 1 amide bonds. The van der Waals surface area contributed by atoms with Gasteiger partial charge in [-0.25, -0.2) is 9.59 Å². The van der Waals surface area contributed by atoms with E-state index in [0.717, 1.165) is 24.0 Å². The summed E-state index contributed by atoms with van der Waals surface area (Å²) in [7, 11) is 1.16. The molecule has 0 N–H and O–H groups in total. The maximum atomic E-state index is 12.6. The Hall–Kier alpha value is -2.90. The summed E-state index contributed by atoms with van der Waals surface area (Å²) in [6.45, 7) is 2.14. The largest absolute Gasteiger partial charge is 0.467 e. The van der Waals surface area contributed by atoms with Gasteiger partial charge in [-0.05, 0) is 18.4 Å². The van der Waals surface area contributed by atoms with E-state index < -0.39 is 36.0 Å². The van der Waals surface area contributed by atoms with Crippen LogP contribution in [0, 0.1) is 5.92 Å². The van der Waals surface area contributed by atoms with Gasteiger partial charge >= 0.3 is 18.0 Å². The van der Waals surface area contributed by atoms with E-state index in [-0.39, 0.29) is 19.6 Å². The Morgan fingerprint density at radius 1 is 1.14 bits per heavy atom. The summed E-state index contributed by atoms with van der Waals surface area (Å²) < 4.78 is 15.2. The molecule has 1 heterocycles. The van der Waals surface area contributed by atoms with Gasteiger partial charge in [0.05, 0.1) is 25.7 Å². The van der Waals surface area contributed by atoms with Crippen LogP contribution in [0.2, 0.25) is 0 Å². The van der Waals surface area contributed by atoms with Crippen LogP contribution in [-0.4, -0.2) is 55.0 Å². The number of hydrogen-bond acceptors (Lipinski definition) is 7. The van der Waals surface area contributed by atoms with E-state index in [0.29, 0.717) is 12.7 Å². The van der Waals surface area contributed by atoms with E-state index in [2.05, 4.69) is 0 Å². The number of methoxy groups -OCH3 is 1. The van der Waals surface area contributed by atoms with E-state index >= 15 is 0 Å². The Kier molecular flexibility index (Phi) is 7.98. The fourth-order valence-electron chi connectivity index (χ4n) is 3.11. The predicted octanol–water partition coefficient (Wildman–Crippen LogP) is 2.10. The highest BCUT2D eigenvalue weighted by molar-refractivity contribution is 5.91. The van der Waals surface area contributed by atoms with E-state index in [9.17, 15) is 19.2 Å². The Morgan fingerprint density at radius 3 is 2.46 bits per heavy atom. The maximum Gasteiger partial charge on any atom is 0.411 e. The summed E-state index contributed by atoms with van der Waals surface area (Å²) in [6.07, 6.45) is 1.17. The van der Waals surface area contributed by atoms with Crippen molar-refractivity contribution in [2.24, 2.45) is 5.92 Å². The van der Waals surface area contributed by atoms with E-state index in [1.54, 1.807) is 24.3 Å². The molecule has 0 radical (unpaired) electrons. The zero-order chi connectivity index (χ0) is 20.5. The van der Waals surface area contributed by atoms with Gasteiger partial charge in [-0.3, -0.25) is 9.69 Å². The number of esters is 2. The van der Waals surface area contributed by atoms with Crippen LogP contribution in [0.5, 0.6) is 0 Å². The first-order chi connectivity index (χ1) is 13.5. The third kappa shape index (κ3) is 5.09. The molecule has 28 heavy (non-hydrogen) atoms. The number of amides is 1. The SMILES string of the molecule is CCCCOC(=O)[C@H]1CC(C=O)N(C(=O)OCc2ccccc2)[C@@H]1C(=O)OC. The van der Waals surface area contributed by atoms with Crippen molar-refractivity contribution >= 4 is 24.3 Å². The van der Waals surface area contributed by atoms with Gasteiger partial charge in [0.15, 0.2) is 0 Å². The lowest BCUT2D eigenvalue weighted by Crippen LogP contribution is -2.49. The molecule has 8 heteroatoms. The van der Waals surface area contributed by atoms with E-state index in [1.807, 2.05) is 13.0 Å². The van der Waals surface area contributed by atoms with Gasteiger partial charge in [0, 0.05) is 0 Å². The third-order valence-electron chi connectivity index (χ3n) is 4.59. The molecule has 1 unspecified atom stereocenters. The molecule has 0 bridgehead atoms. The lowest BCUT2D eigenvalue weighted by Gasteiger charge is -2.26. The van der Waals surface area contributed by atoms with Gasteiger partial charge in [0.1, 0.15) is 18.9 Å². The van der Waals surface area contributed by atoms with Crippen LogP contribution in [-0.2, 0) is 35.2 Å². The van der Waals surface area contributed by atoms with Gasteiger partial charge in [-0.15, -0.1) is 0 Å². The fourth-order valence-corrected chi connectivity index (χ4v) is 3.11. The molecule has 0 aromatic heterocycles. The van der Waals surface area contributed by atoms with Crippen molar-refractivity contribution in [2.45, 2.75) is 44.9 Å². The minimum atomic E-state index is -1.27. The Balaban J connectivity index is 2.16. The summed E-state index contributed by atoms with van der Waals surface area (Å²) in [5.41, 5.74) is 0.753. The average Bonchev–Trinajstić information content (AvgIpc) is 3.12. The summed E-state index contributed by atoms with van der Waals surface area (Å²) in [5, 5.41) is 0. The molecule has 1 aromatic carbocycles. The molecule has 0 aliphatic carbocycles. The highest BCUT2D eigenvalue weighted by Gasteiger charge is 2.52. The number of carbonyl (C=O) groups is 4. The molecule has 2 rings (SSSR count). The number of ether oxygens (including phenoxy) is 3. The molecular formula is C20H25NO7. The molecule has 1 aliphatic rings. The highest BCUT2D eigenvalue weighted by Crippen LogP contribution is 2.32. The molecule has 0 spiro atoms. The third-order valence-corrected chi connectivity index (χ3v) is 4.59. The summed E-state index contributed by atoms with van der Waals surface area (Å²) >= 11 is 0. The number of nitrogens with zero attached hydrogens (tertiary/aromatic N) is 1. The smallest absolute Gasteiger partial charge is 0.411 e. The molecule has 1 saturated heterocycles. The topological polar surface area (TPSA) is 99.2 Å². The summed E-state index contributed by atoms with van der Waals surface area (Å²) in [4.78, 5) is 49.9. The van der Waals surface area contributed by atoms with Crippen molar-refractivity contribution in [3.05, 3.63) is 35.9 Å². The molecule has 3 atom stereocenters. The van der Waals surface area contributed by atoms with E-state index in [4.69, 9.17) is 14.2 Å². The Bertz CT molecular complexity index is 691. The van der Waals surface area contributed by atoms with Gasteiger partial charge in [-0.1, -0.05) is 43.7 Å². The van der Waals surface area contributed by atoms with Crippen molar-refractivity contribution in [2.75, 3.05) is 13.7 Å². The van der Waals surface area contributed by atoms with Gasteiger partial charge < -0.3 is 19.0 Å². The minimum Gasteiger partial charge on any atom is -0.467 e.